The lowest BCUT2D eigenvalue weighted by Gasteiger charge is -1.88. The average Bonchev–Trinajstić information content (AvgIpc) is 1.81. The van der Waals surface area contributed by atoms with Crippen LogP contribution in [0.15, 0.2) is 12.2 Å². The molecule has 0 N–H and O–H groups in total. The number of hydrogen-bond donors (Lipinski definition) is 0. The molecule has 0 aromatic rings. The van der Waals surface area contributed by atoms with Gasteiger partial charge in [0.2, 0.25) is 0 Å². The molecule has 0 heterocycles. The van der Waals surface area contributed by atoms with Crippen molar-refractivity contribution in [3.05, 3.63) is 18.6 Å². The van der Waals surface area contributed by atoms with Crippen LogP contribution in [0.2, 0.25) is 0 Å². The maximum atomic E-state index is 2.21. The molecule has 0 fully saturated rings. The van der Waals surface area contributed by atoms with E-state index in [0.29, 0.717) is 0 Å². The first-order chi connectivity index (χ1) is 3.91. The van der Waals surface area contributed by atoms with E-state index in [2.05, 4.69) is 25.5 Å². The second-order valence-corrected chi connectivity index (χ2v) is 1.90. The molecule has 1 heteroatoms. The summed E-state index contributed by atoms with van der Waals surface area (Å²) >= 11 is 0. The predicted molar refractivity (Wildman–Crippen MR) is 47.2 cm³/mol. The SMILES string of the molecule is C/C=C/[CH]CCCC.[MgH2]. The molecule has 0 saturated carbocycles. The molecule has 0 unspecified atom stereocenters. The molecule has 51 valence electrons. The fourth-order valence-electron chi connectivity index (χ4n) is 0.554. The third-order valence-electron chi connectivity index (χ3n) is 1.05. The maximum Gasteiger partial charge on any atom is 0.316 e. The summed E-state index contributed by atoms with van der Waals surface area (Å²) in [5, 5.41) is 0. The van der Waals surface area contributed by atoms with Crippen molar-refractivity contribution >= 4 is 23.1 Å². The molecular formula is C8H17Mg. The molecule has 0 aliphatic rings. The molecule has 0 aromatic carbocycles. The zero-order chi connectivity index (χ0) is 6.24. The molecule has 0 spiro atoms. The van der Waals surface area contributed by atoms with Gasteiger partial charge in [-0.05, 0) is 19.8 Å². The molecule has 0 bridgehead atoms. The van der Waals surface area contributed by atoms with E-state index >= 15 is 0 Å². The second-order valence-electron chi connectivity index (χ2n) is 1.90. The lowest BCUT2D eigenvalue weighted by Crippen LogP contribution is -1.70. The Morgan fingerprint density at radius 2 is 2.00 bits per heavy atom. The van der Waals surface area contributed by atoms with Crippen molar-refractivity contribution in [1.29, 1.82) is 0 Å². The van der Waals surface area contributed by atoms with Crippen molar-refractivity contribution in [3.8, 4) is 0 Å². The van der Waals surface area contributed by atoms with Gasteiger partial charge in [0.05, 0.1) is 0 Å². The van der Waals surface area contributed by atoms with Gasteiger partial charge in [-0.15, -0.1) is 0 Å². The fraction of sp³-hybridized carbons (Fsp3) is 0.625. The summed E-state index contributed by atoms with van der Waals surface area (Å²) in [7, 11) is 0. The highest BCUT2D eigenvalue weighted by atomic mass is 24.3. The molecule has 0 aliphatic heterocycles. The molecule has 0 amide bonds. The minimum Gasteiger partial charge on any atom is -0.0914 e. The van der Waals surface area contributed by atoms with Crippen LogP contribution in [0.4, 0.5) is 0 Å². The van der Waals surface area contributed by atoms with Gasteiger partial charge < -0.3 is 0 Å². The van der Waals surface area contributed by atoms with Gasteiger partial charge in [-0.1, -0.05) is 31.9 Å². The standard InChI is InChI=1S/C8H15.Mg.2H/c1-3-5-7-8-6-4-2;;;/h3,5,7H,4,6,8H2,1-2H3;;;/b5-3+;;;. The van der Waals surface area contributed by atoms with E-state index in [1.54, 1.807) is 0 Å². The average molecular weight is 138 g/mol. The van der Waals surface area contributed by atoms with Gasteiger partial charge in [-0.25, -0.2) is 0 Å². The molecule has 0 aromatic heterocycles. The summed E-state index contributed by atoms with van der Waals surface area (Å²) in [6.45, 7) is 4.26. The Balaban J connectivity index is 0. The fourth-order valence-corrected chi connectivity index (χ4v) is 0.554. The molecule has 9 heavy (non-hydrogen) atoms. The van der Waals surface area contributed by atoms with Gasteiger partial charge in [0.1, 0.15) is 0 Å². The number of allylic oxidation sites excluding steroid dienone is 2. The largest absolute Gasteiger partial charge is 0.316 e. The quantitative estimate of drug-likeness (QED) is 0.411. The second kappa shape index (κ2) is 11.3. The van der Waals surface area contributed by atoms with E-state index in [-0.39, 0.29) is 23.1 Å². The van der Waals surface area contributed by atoms with Gasteiger partial charge in [0.25, 0.3) is 0 Å². The molecular weight excluding hydrogens is 120 g/mol. The van der Waals surface area contributed by atoms with Crippen LogP contribution in [0, 0.1) is 6.42 Å². The summed E-state index contributed by atoms with van der Waals surface area (Å²) < 4.78 is 0. The molecule has 0 rings (SSSR count). The Labute approximate surface area is 74.9 Å². The molecule has 0 saturated heterocycles. The van der Waals surface area contributed by atoms with Gasteiger partial charge in [0, 0.05) is 0 Å². The van der Waals surface area contributed by atoms with Crippen molar-refractivity contribution in [2.45, 2.75) is 33.1 Å². The van der Waals surface area contributed by atoms with Crippen molar-refractivity contribution in [2.75, 3.05) is 0 Å². The molecule has 0 atom stereocenters. The Bertz CT molecular complexity index is 57.6. The minimum absolute atomic E-state index is 0. The number of unbranched alkanes of at least 4 members (excludes halogenated alkanes) is 3. The smallest absolute Gasteiger partial charge is 0.0914 e. The van der Waals surface area contributed by atoms with Crippen molar-refractivity contribution < 1.29 is 0 Å². The number of hydrogen-bond acceptors (Lipinski definition) is 0. The van der Waals surface area contributed by atoms with Crippen LogP contribution in [0.25, 0.3) is 0 Å². The highest BCUT2D eigenvalue weighted by molar-refractivity contribution is 5.75. The predicted octanol–water partition coefficient (Wildman–Crippen LogP) is 2.04. The van der Waals surface area contributed by atoms with Crippen LogP contribution in [-0.2, 0) is 0 Å². The monoisotopic (exact) mass is 137 g/mol. The highest BCUT2D eigenvalue weighted by Crippen LogP contribution is 1.97. The molecule has 0 aliphatic carbocycles. The van der Waals surface area contributed by atoms with Crippen molar-refractivity contribution in [1.82, 2.24) is 0 Å². The first kappa shape index (κ1) is 12.2. The minimum atomic E-state index is 0. The summed E-state index contributed by atoms with van der Waals surface area (Å²) in [5.74, 6) is 0. The van der Waals surface area contributed by atoms with Gasteiger partial charge in [0.15, 0.2) is 0 Å². The van der Waals surface area contributed by atoms with Gasteiger partial charge in [-0.3, -0.25) is 0 Å². The maximum absolute atomic E-state index is 2.21. The summed E-state index contributed by atoms with van der Waals surface area (Å²) in [6, 6.07) is 0. The van der Waals surface area contributed by atoms with E-state index in [4.69, 9.17) is 0 Å². The van der Waals surface area contributed by atoms with Crippen LogP contribution in [-0.4, -0.2) is 23.1 Å². The summed E-state index contributed by atoms with van der Waals surface area (Å²) in [5.41, 5.74) is 0. The lowest BCUT2D eigenvalue weighted by molar-refractivity contribution is 0.795. The molecule has 0 nitrogen and oxygen atoms in total. The Hall–Kier alpha value is 0.506. The van der Waals surface area contributed by atoms with E-state index < -0.39 is 0 Å². The Morgan fingerprint density at radius 3 is 2.44 bits per heavy atom. The first-order valence-electron chi connectivity index (χ1n) is 3.36. The Morgan fingerprint density at radius 1 is 1.33 bits per heavy atom. The van der Waals surface area contributed by atoms with Crippen LogP contribution in [0.5, 0.6) is 0 Å². The van der Waals surface area contributed by atoms with Crippen LogP contribution < -0.4 is 0 Å². The van der Waals surface area contributed by atoms with E-state index in [0.717, 1.165) is 0 Å². The summed E-state index contributed by atoms with van der Waals surface area (Å²) in [4.78, 5) is 0. The van der Waals surface area contributed by atoms with E-state index in [1.165, 1.54) is 19.3 Å². The lowest BCUT2D eigenvalue weighted by atomic mass is 10.2. The van der Waals surface area contributed by atoms with Crippen LogP contribution >= 0.6 is 0 Å². The van der Waals surface area contributed by atoms with E-state index in [9.17, 15) is 0 Å². The number of rotatable bonds is 4. The topological polar surface area (TPSA) is 0 Å². The van der Waals surface area contributed by atoms with Gasteiger partial charge >= 0.3 is 23.1 Å². The first-order valence-corrected chi connectivity index (χ1v) is 3.36. The normalized spacial score (nSPS) is 9.56. The molecule has 1 radical (unpaired) electrons. The summed E-state index contributed by atoms with van der Waals surface area (Å²) in [6.07, 6.45) is 10.2. The third-order valence-corrected chi connectivity index (χ3v) is 1.05. The van der Waals surface area contributed by atoms with Crippen molar-refractivity contribution in [2.24, 2.45) is 0 Å². The Kier molecular flexibility index (Phi) is 15.4. The van der Waals surface area contributed by atoms with Crippen LogP contribution in [0.3, 0.4) is 0 Å². The zero-order valence-electron chi connectivity index (χ0n) is 5.85. The van der Waals surface area contributed by atoms with E-state index in [1.807, 2.05) is 6.92 Å². The zero-order valence-corrected chi connectivity index (χ0v) is 5.85. The van der Waals surface area contributed by atoms with Crippen LogP contribution in [0.1, 0.15) is 33.1 Å². The highest BCUT2D eigenvalue weighted by Gasteiger charge is 1.79. The van der Waals surface area contributed by atoms with Gasteiger partial charge in [-0.2, -0.15) is 0 Å². The van der Waals surface area contributed by atoms with Crippen molar-refractivity contribution in [3.63, 3.8) is 0 Å². The third kappa shape index (κ3) is 11.9.